The lowest BCUT2D eigenvalue weighted by atomic mass is 9.92. The van der Waals surface area contributed by atoms with Gasteiger partial charge >= 0.3 is 0 Å². The molecule has 1 unspecified atom stereocenters. The van der Waals surface area contributed by atoms with Crippen LogP contribution in [0.5, 0.6) is 0 Å². The number of rotatable bonds is 6. The maximum absolute atomic E-state index is 5.09. The molecule has 1 aliphatic heterocycles. The van der Waals surface area contributed by atoms with Gasteiger partial charge in [-0.3, -0.25) is 0 Å². The molecule has 0 bridgehead atoms. The Kier molecular flexibility index (Phi) is 4.22. The number of ether oxygens (including phenoxy) is 1. The van der Waals surface area contributed by atoms with Gasteiger partial charge in [-0.15, -0.1) is 0 Å². The number of methoxy groups -OCH3 is 1. The van der Waals surface area contributed by atoms with Crippen LogP contribution in [0.15, 0.2) is 0 Å². The third-order valence-electron chi connectivity index (χ3n) is 4.38. The summed E-state index contributed by atoms with van der Waals surface area (Å²) in [7, 11) is 4.04. The summed E-state index contributed by atoms with van der Waals surface area (Å²) < 4.78 is 5.09. The van der Waals surface area contributed by atoms with Crippen molar-refractivity contribution >= 4 is 0 Å². The van der Waals surface area contributed by atoms with E-state index in [9.17, 15) is 0 Å². The summed E-state index contributed by atoms with van der Waals surface area (Å²) in [5.74, 6) is 0.974. The molecule has 3 heteroatoms. The number of nitrogens with one attached hydrogen (secondary N) is 1. The first-order valence-electron chi connectivity index (χ1n) is 6.65. The zero-order valence-corrected chi connectivity index (χ0v) is 10.8. The van der Waals surface area contributed by atoms with E-state index in [0.717, 1.165) is 24.4 Å². The van der Waals surface area contributed by atoms with Crippen molar-refractivity contribution in [2.45, 2.75) is 25.7 Å². The van der Waals surface area contributed by atoms with E-state index in [2.05, 4.69) is 17.3 Å². The van der Waals surface area contributed by atoms with Gasteiger partial charge < -0.3 is 15.0 Å². The molecule has 1 spiro atoms. The molecule has 1 saturated heterocycles. The van der Waals surface area contributed by atoms with E-state index in [4.69, 9.17) is 4.74 Å². The molecule has 16 heavy (non-hydrogen) atoms. The summed E-state index contributed by atoms with van der Waals surface area (Å²) in [4.78, 5) is 2.49. The quantitative estimate of drug-likeness (QED) is 0.692. The molecular formula is C13H26N2O. The fourth-order valence-electron chi connectivity index (χ4n) is 3.17. The van der Waals surface area contributed by atoms with Gasteiger partial charge in [-0.25, -0.2) is 0 Å². The minimum atomic E-state index is 0.737. The molecule has 1 atom stereocenters. The number of hydrogen-bond acceptors (Lipinski definition) is 3. The average molecular weight is 226 g/mol. The molecule has 94 valence electrons. The summed E-state index contributed by atoms with van der Waals surface area (Å²) in [5, 5.41) is 3.47. The first kappa shape index (κ1) is 12.3. The van der Waals surface area contributed by atoms with Gasteiger partial charge in [0, 0.05) is 26.8 Å². The second kappa shape index (κ2) is 5.48. The number of nitrogens with zero attached hydrogens (tertiary/aromatic N) is 1. The Hall–Kier alpha value is -0.120. The maximum atomic E-state index is 5.09. The molecule has 3 nitrogen and oxygen atoms in total. The van der Waals surface area contributed by atoms with Gasteiger partial charge in [0.05, 0.1) is 0 Å². The predicted molar refractivity (Wildman–Crippen MR) is 66.6 cm³/mol. The van der Waals surface area contributed by atoms with Gasteiger partial charge in [0.2, 0.25) is 0 Å². The monoisotopic (exact) mass is 226 g/mol. The van der Waals surface area contributed by atoms with Crippen LogP contribution in [0.1, 0.15) is 25.7 Å². The van der Waals surface area contributed by atoms with Gasteiger partial charge in [-0.2, -0.15) is 0 Å². The highest BCUT2D eigenvalue weighted by molar-refractivity contribution is 5.05. The molecule has 2 aliphatic rings. The average Bonchev–Trinajstić information content (AvgIpc) is 2.92. The molecule has 1 saturated carbocycles. The molecule has 2 fully saturated rings. The van der Waals surface area contributed by atoms with Gasteiger partial charge in [0.15, 0.2) is 0 Å². The Morgan fingerprint density at radius 3 is 2.81 bits per heavy atom. The third-order valence-corrected chi connectivity index (χ3v) is 4.38. The lowest BCUT2D eigenvalue weighted by Gasteiger charge is -2.25. The van der Waals surface area contributed by atoms with Crippen molar-refractivity contribution < 1.29 is 4.74 Å². The highest BCUT2D eigenvalue weighted by Gasteiger charge is 2.53. The molecule has 0 aromatic heterocycles. The largest absolute Gasteiger partial charge is 0.385 e. The van der Waals surface area contributed by atoms with Gasteiger partial charge in [-0.05, 0) is 57.2 Å². The minimum Gasteiger partial charge on any atom is -0.385 e. The molecule has 0 aromatic rings. The van der Waals surface area contributed by atoms with E-state index in [1.165, 1.54) is 45.4 Å². The first-order valence-corrected chi connectivity index (χ1v) is 6.65. The summed E-state index contributed by atoms with van der Waals surface area (Å²) in [6.07, 6.45) is 5.45. The Morgan fingerprint density at radius 1 is 1.38 bits per heavy atom. The van der Waals surface area contributed by atoms with E-state index in [0.29, 0.717) is 0 Å². The van der Waals surface area contributed by atoms with Crippen LogP contribution >= 0.6 is 0 Å². The summed E-state index contributed by atoms with van der Waals surface area (Å²) in [5.41, 5.74) is 0.737. The highest BCUT2D eigenvalue weighted by atomic mass is 16.5. The first-order chi connectivity index (χ1) is 7.77. The van der Waals surface area contributed by atoms with E-state index < -0.39 is 0 Å². The molecule has 0 amide bonds. The van der Waals surface area contributed by atoms with Crippen molar-refractivity contribution in [1.82, 2.24) is 10.2 Å². The Bertz CT molecular complexity index is 214. The van der Waals surface area contributed by atoms with Crippen molar-refractivity contribution in [3.8, 4) is 0 Å². The summed E-state index contributed by atoms with van der Waals surface area (Å²) in [6, 6.07) is 0. The number of piperidine rings is 1. The summed E-state index contributed by atoms with van der Waals surface area (Å²) >= 11 is 0. The zero-order valence-electron chi connectivity index (χ0n) is 10.8. The second-order valence-corrected chi connectivity index (χ2v) is 5.62. The van der Waals surface area contributed by atoms with E-state index in [-0.39, 0.29) is 0 Å². The smallest absolute Gasteiger partial charge is 0.0474 e. The van der Waals surface area contributed by atoms with Gasteiger partial charge in [0.25, 0.3) is 0 Å². The topological polar surface area (TPSA) is 24.5 Å². The van der Waals surface area contributed by atoms with Crippen LogP contribution in [0.2, 0.25) is 0 Å². The van der Waals surface area contributed by atoms with Crippen LogP contribution in [0.25, 0.3) is 0 Å². The second-order valence-electron chi connectivity index (χ2n) is 5.62. The van der Waals surface area contributed by atoms with Crippen LogP contribution < -0.4 is 5.32 Å². The molecule has 0 radical (unpaired) electrons. The highest BCUT2D eigenvalue weighted by Crippen LogP contribution is 2.58. The Labute approximate surface area is 99.5 Å². The van der Waals surface area contributed by atoms with Crippen LogP contribution in [-0.2, 0) is 4.74 Å². The van der Waals surface area contributed by atoms with E-state index in [1.54, 1.807) is 7.11 Å². The van der Waals surface area contributed by atoms with Crippen LogP contribution in [0.4, 0.5) is 0 Å². The minimum absolute atomic E-state index is 0.737. The summed E-state index contributed by atoms with van der Waals surface area (Å²) in [6.45, 7) is 5.85. The van der Waals surface area contributed by atoms with Crippen LogP contribution in [0, 0.1) is 11.3 Å². The molecule has 2 rings (SSSR count). The Morgan fingerprint density at radius 2 is 2.12 bits per heavy atom. The molecule has 1 N–H and O–H groups in total. The Balaban J connectivity index is 1.63. The fraction of sp³-hybridized carbons (Fsp3) is 1.00. The van der Waals surface area contributed by atoms with Crippen molar-refractivity contribution in [2.75, 3.05) is 46.9 Å². The predicted octanol–water partition coefficient (Wildman–Crippen LogP) is 1.34. The number of hydrogen-bond donors (Lipinski definition) is 1. The van der Waals surface area contributed by atoms with E-state index in [1.807, 2.05) is 0 Å². The lowest BCUT2D eigenvalue weighted by Crippen LogP contribution is -2.32. The van der Waals surface area contributed by atoms with Crippen molar-refractivity contribution in [2.24, 2.45) is 11.3 Å². The SMILES string of the molecule is COCCCN(C)CC1CC12CCNCC2. The standard InChI is InChI=1S/C13H26N2O/c1-15(8-3-9-16-2)11-12-10-13(12)4-6-14-7-5-13/h12,14H,3-11H2,1-2H3. The van der Waals surface area contributed by atoms with Gasteiger partial charge in [-0.1, -0.05) is 0 Å². The lowest BCUT2D eigenvalue weighted by molar-refractivity contribution is 0.175. The molecular weight excluding hydrogens is 200 g/mol. The van der Waals surface area contributed by atoms with Crippen molar-refractivity contribution in [1.29, 1.82) is 0 Å². The third kappa shape index (κ3) is 2.96. The van der Waals surface area contributed by atoms with Crippen LogP contribution in [0.3, 0.4) is 0 Å². The van der Waals surface area contributed by atoms with E-state index >= 15 is 0 Å². The molecule has 1 aliphatic carbocycles. The zero-order chi connectivity index (χ0) is 11.4. The van der Waals surface area contributed by atoms with Crippen molar-refractivity contribution in [3.63, 3.8) is 0 Å². The maximum Gasteiger partial charge on any atom is 0.0474 e. The van der Waals surface area contributed by atoms with Gasteiger partial charge in [0.1, 0.15) is 0 Å². The molecule has 0 aromatic carbocycles. The fourth-order valence-corrected chi connectivity index (χ4v) is 3.17. The normalized spacial score (nSPS) is 27.6. The molecule has 1 heterocycles. The van der Waals surface area contributed by atoms with Crippen molar-refractivity contribution in [3.05, 3.63) is 0 Å². The van der Waals surface area contributed by atoms with Crippen LogP contribution in [-0.4, -0.2) is 51.8 Å².